The van der Waals surface area contributed by atoms with Gasteiger partial charge < -0.3 is 5.73 Å². The predicted molar refractivity (Wildman–Crippen MR) is 83.1 cm³/mol. The first-order valence-electron chi connectivity index (χ1n) is 7.15. The van der Waals surface area contributed by atoms with E-state index in [1.165, 1.54) is 41.9 Å². The van der Waals surface area contributed by atoms with Crippen LogP contribution < -0.4 is 5.73 Å². The highest BCUT2D eigenvalue weighted by atomic mass is 32.2. The van der Waals surface area contributed by atoms with Crippen LogP contribution in [0.25, 0.3) is 0 Å². The van der Waals surface area contributed by atoms with E-state index >= 15 is 0 Å². The molecule has 0 heterocycles. The second-order valence-corrected chi connectivity index (χ2v) is 6.18. The van der Waals surface area contributed by atoms with Gasteiger partial charge in [0, 0.05) is 16.7 Å². The lowest BCUT2D eigenvalue weighted by molar-refractivity contribution is 0.499. The van der Waals surface area contributed by atoms with Crippen LogP contribution in [0, 0.1) is 5.92 Å². The molecule has 0 fully saturated rings. The van der Waals surface area contributed by atoms with E-state index < -0.39 is 0 Å². The van der Waals surface area contributed by atoms with Crippen LogP contribution in [0.15, 0.2) is 29.2 Å². The van der Waals surface area contributed by atoms with Gasteiger partial charge in [-0.1, -0.05) is 45.2 Å². The van der Waals surface area contributed by atoms with Crippen LogP contribution in [0.1, 0.15) is 58.1 Å². The number of unbranched alkanes of at least 4 members (excludes halogenated alkanes) is 1. The van der Waals surface area contributed by atoms with Gasteiger partial charge in [0.25, 0.3) is 0 Å². The number of nitrogens with two attached hydrogens (primary N) is 1. The van der Waals surface area contributed by atoms with Gasteiger partial charge in [0.2, 0.25) is 0 Å². The van der Waals surface area contributed by atoms with E-state index in [1.54, 1.807) is 0 Å². The third-order valence-electron chi connectivity index (χ3n) is 3.41. The van der Waals surface area contributed by atoms with Crippen molar-refractivity contribution < 1.29 is 0 Å². The Morgan fingerprint density at radius 3 is 2.67 bits per heavy atom. The molecule has 0 aliphatic carbocycles. The quantitative estimate of drug-likeness (QED) is 0.668. The summed E-state index contributed by atoms with van der Waals surface area (Å²) in [5, 5.41) is 0. The van der Waals surface area contributed by atoms with Crippen LogP contribution >= 0.6 is 11.8 Å². The number of rotatable bonds is 8. The summed E-state index contributed by atoms with van der Waals surface area (Å²) in [5.41, 5.74) is 7.16. The van der Waals surface area contributed by atoms with Gasteiger partial charge in [0.05, 0.1) is 0 Å². The van der Waals surface area contributed by atoms with Crippen molar-refractivity contribution in [1.82, 2.24) is 0 Å². The summed E-state index contributed by atoms with van der Waals surface area (Å²) >= 11 is 1.98. The SMILES string of the molecule is CCCCC(CC)CSc1cccc(C(C)N)c1. The van der Waals surface area contributed by atoms with E-state index in [0.29, 0.717) is 0 Å². The zero-order valence-corrected chi connectivity index (χ0v) is 12.8. The molecule has 1 aromatic carbocycles. The Bertz CT molecular complexity index is 336. The molecular formula is C16H27NS. The summed E-state index contributed by atoms with van der Waals surface area (Å²) < 4.78 is 0. The molecule has 0 radical (unpaired) electrons. The topological polar surface area (TPSA) is 26.0 Å². The predicted octanol–water partition coefficient (Wildman–Crippen LogP) is 5.01. The molecule has 0 bridgehead atoms. The van der Waals surface area contributed by atoms with E-state index in [0.717, 1.165) is 5.92 Å². The second-order valence-electron chi connectivity index (χ2n) is 5.09. The zero-order chi connectivity index (χ0) is 13.4. The molecule has 0 aliphatic heterocycles. The molecule has 2 atom stereocenters. The van der Waals surface area contributed by atoms with Gasteiger partial charge >= 0.3 is 0 Å². The highest BCUT2D eigenvalue weighted by Crippen LogP contribution is 2.26. The Labute approximate surface area is 117 Å². The first kappa shape index (κ1) is 15.6. The van der Waals surface area contributed by atoms with Crippen LogP contribution in [0.5, 0.6) is 0 Å². The van der Waals surface area contributed by atoms with Crippen molar-refractivity contribution in [2.45, 2.75) is 57.4 Å². The zero-order valence-electron chi connectivity index (χ0n) is 12.0. The van der Waals surface area contributed by atoms with E-state index in [-0.39, 0.29) is 6.04 Å². The van der Waals surface area contributed by atoms with Crippen LogP contribution in [-0.2, 0) is 0 Å². The third-order valence-corrected chi connectivity index (χ3v) is 4.64. The molecule has 1 rings (SSSR count). The van der Waals surface area contributed by atoms with Gasteiger partial charge in [-0.15, -0.1) is 11.8 Å². The molecule has 0 spiro atoms. The number of hydrogen-bond acceptors (Lipinski definition) is 2. The smallest absolute Gasteiger partial charge is 0.0266 e. The summed E-state index contributed by atoms with van der Waals surface area (Å²) in [5.74, 6) is 2.09. The maximum absolute atomic E-state index is 5.92. The lowest BCUT2D eigenvalue weighted by Gasteiger charge is -2.14. The summed E-state index contributed by atoms with van der Waals surface area (Å²) in [7, 11) is 0. The van der Waals surface area contributed by atoms with Crippen molar-refractivity contribution in [1.29, 1.82) is 0 Å². The maximum Gasteiger partial charge on any atom is 0.0266 e. The van der Waals surface area contributed by atoms with Crippen molar-refractivity contribution in [3.8, 4) is 0 Å². The third kappa shape index (κ3) is 5.45. The van der Waals surface area contributed by atoms with E-state index in [4.69, 9.17) is 5.73 Å². The second kappa shape index (κ2) is 8.60. The van der Waals surface area contributed by atoms with Crippen molar-refractivity contribution in [3.63, 3.8) is 0 Å². The largest absolute Gasteiger partial charge is 0.324 e. The van der Waals surface area contributed by atoms with Crippen LogP contribution in [0.3, 0.4) is 0 Å². The minimum absolute atomic E-state index is 0.132. The van der Waals surface area contributed by atoms with Crippen LogP contribution in [0.2, 0.25) is 0 Å². The van der Waals surface area contributed by atoms with Gasteiger partial charge in [0.15, 0.2) is 0 Å². The van der Waals surface area contributed by atoms with Crippen molar-refractivity contribution in [2.24, 2.45) is 11.7 Å². The normalized spacial score (nSPS) is 14.4. The Balaban J connectivity index is 2.48. The summed E-state index contributed by atoms with van der Waals surface area (Å²) in [6, 6.07) is 8.80. The van der Waals surface area contributed by atoms with Crippen LogP contribution in [-0.4, -0.2) is 5.75 Å². The van der Waals surface area contributed by atoms with Gasteiger partial charge in [-0.05, 0) is 37.0 Å². The fourth-order valence-corrected chi connectivity index (χ4v) is 3.22. The Hall–Kier alpha value is -0.470. The molecule has 0 aromatic heterocycles. The summed E-state index contributed by atoms with van der Waals surface area (Å²) in [6.07, 6.45) is 5.33. The Morgan fingerprint density at radius 1 is 1.28 bits per heavy atom. The standard InChI is InChI=1S/C16H27NS/c1-4-6-8-14(5-2)12-18-16-10-7-9-15(11-16)13(3)17/h7,9-11,13-14H,4-6,8,12,17H2,1-3H3. The molecule has 2 N–H and O–H groups in total. The minimum atomic E-state index is 0.132. The number of hydrogen-bond donors (Lipinski definition) is 1. The van der Waals surface area contributed by atoms with Crippen molar-refractivity contribution in [2.75, 3.05) is 5.75 Å². The molecule has 2 unspecified atom stereocenters. The average molecular weight is 265 g/mol. The van der Waals surface area contributed by atoms with E-state index in [9.17, 15) is 0 Å². The lowest BCUT2D eigenvalue weighted by atomic mass is 10.0. The van der Waals surface area contributed by atoms with E-state index in [1.807, 2.05) is 18.7 Å². The monoisotopic (exact) mass is 265 g/mol. The highest BCUT2D eigenvalue weighted by molar-refractivity contribution is 7.99. The summed E-state index contributed by atoms with van der Waals surface area (Å²) in [4.78, 5) is 1.36. The molecule has 0 saturated heterocycles. The molecular weight excluding hydrogens is 238 g/mol. The molecule has 0 amide bonds. The average Bonchev–Trinajstić information content (AvgIpc) is 2.39. The number of thioether (sulfide) groups is 1. The Kier molecular flexibility index (Phi) is 7.45. The van der Waals surface area contributed by atoms with E-state index in [2.05, 4.69) is 38.1 Å². The molecule has 2 heteroatoms. The van der Waals surface area contributed by atoms with Crippen LogP contribution in [0.4, 0.5) is 0 Å². The van der Waals surface area contributed by atoms with Crippen molar-refractivity contribution >= 4 is 11.8 Å². The molecule has 1 aromatic rings. The summed E-state index contributed by atoms with van der Waals surface area (Å²) in [6.45, 7) is 6.62. The minimum Gasteiger partial charge on any atom is -0.324 e. The number of benzene rings is 1. The first-order valence-corrected chi connectivity index (χ1v) is 8.14. The first-order chi connectivity index (χ1) is 8.67. The van der Waals surface area contributed by atoms with Gasteiger partial charge in [-0.2, -0.15) is 0 Å². The van der Waals surface area contributed by atoms with Gasteiger partial charge in [-0.3, -0.25) is 0 Å². The molecule has 0 aliphatic rings. The van der Waals surface area contributed by atoms with Gasteiger partial charge in [0.1, 0.15) is 0 Å². The van der Waals surface area contributed by atoms with Gasteiger partial charge in [-0.25, -0.2) is 0 Å². The molecule has 18 heavy (non-hydrogen) atoms. The molecule has 0 saturated carbocycles. The fraction of sp³-hybridized carbons (Fsp3) is 0.625. The molecule has 102 valence electrons. The Morgan fingerprint density at radius 2 is 2.06 bits per heavy atom. The van der Waals surface area contributed by atoms with Crippen molar-refractivity contribution in [3.05, 3.63) is 29.8 Å². The maximum atomic E-state index is 5.92. The molecule has 1 nitrogen and oxygen atoms in total. The lowest BCUT2D eigenvalue weighted by Crippen LogP contribution is -2.05. The highest BCUT2D eigenvalue weighted by Gasteiger charge is 2.07. The fourth-order valence-electron chi connectivity index (χ4n) is 2.00.